The molecular weight excluding hydrogens is 498 g/mol. The molecule has 1 N–H and O–H groups in total. The number of halogens is 1. The number of rotatable bonds is 7. The number of hydrogen-bond donors (Lipinski definition) is 1. The van der Waals surface area contributed by atoms with Gasteiger partial charge in [-0.2, -0.15) is 0 Å². The van der Waals surface area contributed by atoms with E-state index < -0.39 is 27.8 Å². The molecule has 3 aromatic carbocycles. The summed E-state index contributed by atoms with van der Waals surface area (Å²) in [5, 5.41) is 24.5. The Balaban J connectivity index is 1.87. The van der Waals surface area contributed by atoms with Crippen LogP contribution in [0.15, 0.2) is 71.2 Å². The van der Waals surface area contributed by atoms with Crippen molar-refractivity contribution >= 4 is 44.9 Å². The van der Waals surface area contributed by atoms with Crippen LogP contribution in [0.3, 0.4) is 0 Å². The predicted molar refractivity (Wildman–Crippen MR) is 122 cm³/mol. The summed E-state index contributed by atoms with van der Waals surface area (Å²) in [6, 6.07) is 15.8. The summed E-state index contributed by atoms with van der Waals surface area (Å²) < 4.78 is 5.74. The fraction of sp³-hybridized carbons (Fsp3) is 0.0909. The molecule has 0 saturated carbocycles. The van der Waals surface area contributed by atoms with E-state index in [1.165, 1.54) is 43.3 Å². The van der Waals surface area contributed by atoms with Crippen LogP contribution in [0.25, 0.3) is 0 Å². The van der Waals surface area contributed by atoms with Crippen molar-refractivity contribution in [2.24, 2.45) is 0 Å². The number of non-ortho nitro benzene ring substituents is 1. The van der Waals surface area contributed by atoms with Gasteiger partial charge in [-0.15, -0.1) is 0 Å². The number of nitro groups is 2. The Morgan fingerprint density at radius 3 is 2.24 bits per heavy atom. The molecule has 3 aromatic rings. The Labute approximate surface area is 195 Å². The van der Waals surface area contributed by atoms with Crippen molar-refractivity contribution in [3.63, 3.8) is 0 Å². The number of nitrogens with one attached hydrogen (secondary N) is 1. The minimum Gasteiger partial charge on any atom is -0.444 e. The van der Waals surface area contributed by atoms with Crippen molar-refractivity contribution in [1.29, 1.82) is 0 Å². The maximum Gasteiger partial charge on any atom is 0.339 e. The molecule has 0 aliphatic carbocycles. The second kappa shape index (κ2) is 10.0. The molecule has 0 radical (unpaired) electrons. The molecule has 1 amide bonds. The van der Waals surface area contributed by atoms with E-state index in [-0.39, 0.29) is 32.7 Å². The highest BCUT2D eigenvalue weighted by Gasteiger charge is 2.27. The number of ether oxygens (including phenoxy) is 1. The summed E-state index contributed by atoms with van der Waals surface area (Å²) in [6.45, 7) is 1.49. The lowest BCUT2D eigenvalue weighted by Crippen LogP contribution is -2.26. The van der Waals surface area contributed by atoms with Crippen LogP contribution < -0.4 is 5.32 Å². The Morgan fingerprint density at radius 1 is 0.970 bits per heavy atom. The quantitative estimate of drug-likeness (QED) is 0.262. The first kappa shape index (κ1) is 23.5. The molecule has 1 unspecified atom stereocenters. The molecule has 3 rings (SSSR count). The molecule has 0 aromatic heterocycles. The van der Waals surface area contributed by atoms with Gasteiger partial charge >= 0.3 is 5.97 Å². The summed E-state index contributed by atoms with van der Waals surface area (Å²) in [6.07, 6.45) is -1.35. The molecule has 168 valence electrons. The van der Waals surface area contributed by atoms with Gasteiger partial charge in [-0.3, -0.25) is 25.0 Å². The normalized spacial score (nSPS) is 11.3. The fourth-order valence-electron chi connectivity index (χ4n) is 2.98. The van der Waals surface area contributed by atoms with Gasteiger partial charge in [-0.1, -0.05) is 30.3 Å². The lowest BCUT2D eigenvalue weighted by Gasteiger charge is -2.19. The standard InChI is InChI=1S/C22H16BrN3O7/c1-13-11-15(7-10-19(13)26(31)32)22(28)33-20(14-5-3-2-4-6-14)21(27)24-18-9-8-16(25(29)30)12-17(18)23/h2-12,20H,1H3,(H,24,27). The molecule has 0 bridgehead atoms. The summed E-state index contributed by atoms with van der Waals surface area (Å²) in [5.74, 6) is -1.54. The van der Waals surface area contributed by atoms with Gasteiger partial charge in [0.15, 0.2) is 0 Å². The SMILES string of the molecule is Cc1cc(C(=O)OC(C(=O)Nc2ccc([N+](=O)[O-])cc2Br)c2ccccc2)ccc1[N+](=O)[O-]. The second-order valence-electron chi connectivity index (χ2n) is 6.86. The predicted octanol–water partition coefficient (Wildman–Crippen LogP) is 5.11. The van der Waals surface area contributed by atoms with Gasteiger partial charge in [0.25, 0.3) is 17.3 Å². The summed E-state index contributed by atoms with van der Waals surface area (Å²) in [7, 11) is 0. The number of carbonyl (C=O) groups is 2. The van der Waals surface area contributed by atoms with Crippen LogP contribution in [0.2, 0.25) is 0 Å². The molecule has 0 spiro atoms. The number of nitro benzene ring substituents is 2. The maximum absolute atomic E-state index is 13.0. The second-order valence-corrected chi connectivity index (χ2v) is 7.72. The van der Waals surface area contributed by atoms with Gasteiger partial charge in [-0.05, 0) is 41.1 Å². The number of benzene rings is 3. The van der Waals surface area contributed by atoms with E-state index in [9.17, 15) is 29.8 Å². The molecule has 0 heterocycles. The van der Waals surface area contributed by atoms with Gasteiger partial charge in [0.1, 0.15) is 0 Å². The highest BCUT2D eigenvalue weighted by atomic mass is 79.9. The zero-order valence-electron chi connectivity index (χ0n) is 17.1. The number of carbonyl (C=O) groups excluding carboxylic acids is 2. The third-order valence-electron chi connectivity index (χ3n) is 4.62. The van der Waals surface area contributed by atoms with E-state index in [2.05, 4.69) is 21.2 Å². The smallest absolute Gasteiger partial charge is 0.339 e. The van der Waals surface area contributed by atoms with Crippen LogP contribution in [0.5, 0.6) is 0 Å². The van der Waals surface area contributed by atoms with Crippen molar-refractivity contribution in [3.8, 4) is 0 Å². The zero-order valence-corrected chi connectivity index (χ0v) is 18.6. The fourth-order valence-corrected chi connectivity index (χ4v) is 3.45. The van der Waals surface area contributed by atoms with Crippen LogP contribution in [0, 0.1) is 27.2 Å². The van der Waals surface area contributed by atoms with Crippen LogP contribution >= 0.6 is 15.9 Å². The third kappa shape index (κ3) is 5.57. The Morgan fingerprint density at radius 2 is 1.67 bits per heavy atom. The van der Waals surface area contributed by atoms with Crippen LogP contribution in [0.4, 0.5) is 17.1 Å². The number of hydrogen-bond acceptors (Lipinski definition) is 7. The average molecular weight is 514 g/mol. The topological polar surface area (TPSA) is 142 Å². The average Bonchev–Trinajstić information content (AvgIpc) is 2.78. The lowest BCUT2D eigenvalue weighted by atomic mass is 10.1. The van der Waals surface area contributed by atoms with Crippen molar-refractivity contribution in [2.45, 2.75) is 13.0 Å². The molecular formula is C22H16BrN3O7. The van der Waals surface area contributed by atoms with Gasteiger partial charge in [0.05, 0.1) is 21.1 Å². The van der Waals surface area contributed by atoms with Crippen molar-refractivity contribution in [3.05, 3.63) is 108 Å². The first-order valence-corrected chi connectivity index (χ1v) is 10.2. The first-order valence-electron chi connectivity index (χ1n) is 9.43. The van der Waals surface area contributed by atoms with E-state index in [1.54, 1.807) is 30.3 Å². The monoisotopic (exact) mass is 513 g/mol. The third-order valence-corrected chi connectivity index (χ3v) is 5.27. The molecule has 0 saturated heterocycles. The Bertz CT molecular complexity index is 1250. The van der Waals surface area contributed by atoms with E-state index in [4.69, 9.17) is 4.74 Å². The summed E-state index contributed by atoms with van der Waals surface area (Å²) in [5.41, 5.74) is 0.633. The molecule has 0 aliphatic heterocycles. The number of amides is 1. The zero-order chi connectivity index (χ0) is 24.1. The van der Waals surface area contributed by atoms with E-state index in [0.29, 0.717) is 5.56 Å². The van der Waals surface area contributed by atoms with E-state index in [0.717, 1.165) is 0 Å². The minimum atomic E-state index is -1.35. The highest BCUT2D eigenvalue weighted by molar-refractivity contribution is 9.10. The number of nitrogens with zero attached hydrogens (tertiary/aromatic N) is 2. The van der Waals surface area contributed by atoms with Crippen molar-refractivity contribution in [2.75, 3.05) is 5.32 Å². The summed E-state index contributed by atoms with van der Waals surface area (Å²) in [4.78, 5) is 46.6. The lowest BCUT2D eigenvalue weighted by molar-refractivity contribution is -0.385. The molecule has 0 fully saturated rings. The number of anilines is 1. The Hall–Kier alpha value is -4.12. The highest BCUT2D eigenvalue weighted by Crippen LogP contribution is 2.29. The van der Waals surface area contributed by atoms with Gasteiger partial charge < -0.3 is 10.1 Å². The van der Waals surface area contributed by atoms with E-state index in [1.807, 2.05) is 0 Å². The molecule has 33 heavy (non-hydrogen) atoms. The number of aryl methyl sites for hydroxylation is 1. The van der Waals surface area contributed by atoms with E-state index >= 15 is 0 Å². The maximum atomic E-state index is 13.0. The first-order chi connectivity index (χ1) is 15.7. The number of esters is 1. The van der Waals surface area contributed by atoms with Gasteiger partial charge in [0.2, 0.25) is 6.10 Å². The molecule has 0 aliphatic rings. The van der Waals surface area contributed by atoms with Crippen LogP contribution in [-0.2, 0) is 9.53 Å². The minimum absolute atomic E-state index is 0.0448. The summed E-state index contributed by atoms with van der Waals surface area (Å²) >= 11 is 3.18. The van der Waals surface area contributed by atoms with Gasteiger partial charge in [0, 0.05) is 33.8 Å². The largest absolute Gasteiger partial charge is 0.444 e. The Kier molecular flexibility index (Phi) is 7.13. The molecule has 10 nitrogen and oxygen atoms in total. The van der Waals surface area contributed by atoms with Crippen LogP contribution in [-0.4, -0.2) is 21.7 Å². The van der Waals surface area contributed by atoms with Crippen molar-refractivity contribution in [1.82, 2.24) is 0 Å². The molecule has 11 heteroatoms. The van der Waals surface area contributed by atoms with Gasteiger partial charge in [-0.25, -0.2) is 4.79 Å². The van der Waals surface area contributed by atoms with Crippen molar-refractivity contribution < 1.29 is 24.2 Å². The van der Waals surface area contributed by atoms with Crippen LogP contribution in [0.1, 0.15) is 27.6 Å². The molecule has 1 atom stereocenters.